The first-order chi connectivity index (χ1) is 7.49. The number of halogens is 2. The zero-order valence-corrected chi connectivity index (χ0v) is 11.0. The van der Waals surface area contributed by atoms with E-state index in [0.717, 1.165) is 6.42 Å². The maximum Gasteiger partial charge on any atom is 0.224 e. The van der Waals surface area contributed by atoms with Gasteiger partial charge >= 0.3 is 0 Å². The van der Waals surface area contributed by atoms with Crippen molar-refractivity contribution in [2.24, 2.45) is 5.92 Å². The molecule has 1 aromatic carbocycles. The number of benzene rings is 1. The van der Waals surface area contributed by atoms with Gasteiger partial charge in [0.25, 0.3) is 0 Å². The molecule has 0 atom stereocenters. The second-order valence-corrected chi connectivity index (χ2v) is 5.02. The van der Waals surface area contributed by atoms with Crippen LogP contribution >= 0.6 is 15.9 Å². The molecule has 1 rings (SSSR count). The summed E-state index contributed by atoms with van der Waals surface area (Å²) in [7, 11) is 0. The number of rotatable bonds is 4. The molecular formula is C12H15BrFNO. The predicted octanol–water partition coefficient (Wildman–Crippen LogP) is 3.96. The minimum absolute atomic E-state index is 0.144. The van der Waals surface area contributed by atoms with E-state index in [1.807, 2.05) is 13.8 Å². The molecule has 1 amide bonds. The summed E-state index contributed by atoms with van der Waals surface area (Å²) in [5.41, 5.74) is 0.233. The molecule has 1 aromatic rings. The van der Waals surface area contributed by atoms with Crippen LogP contribution in [0.4, 0.5) is 10.1 Å². The maximum atomic E-state index is 13.4. The van der Waals surface area contributed by atoms with Crippen LogP contribution in [0.25, 0.3) is 0 Å². The molecule has 0 aromatic heterocycles. The summed E-state index contributed by atoms with van der Waals surface area (Å²) in [6.07, 6.45) is 1.23. The fraction of sp³-hybridized carbons (Fsp3) is 0.417. The lowest BCUT2D eigenvalue weighted by Gasteiger charge is -2.07. The summed E-state index contributed by atoms with van der Waals surface area (Å²) in [6, 6.07) is 4.58. The third-order valence-electron chi connectivity index (χ3n) is 2.15. The van der Waals surface area contributed by atoms with Gasteiger partial charge in [-0.05, 0) is 30.5 Å². The van der Waals surface area contributed by atoms with Gasteiger partial charge < -0.3 is 5.32 Å². The monoisotopic (exact) mass is 287 g/mol. The molecule has 88 valence electrons. The Morgan fingerprint density at radius 2 is 2.19 bits per heavy atom. The molecule has 4 heteroatoms. The van der Waals surface area contributed by atoms with Crippen LogP contribution in [-0.4, -0.2) is 5.91 Å². The molecule has 0 saturated carbocycles. The lowest BCUT2D eigenvalue weighted by molar-refractivity contribution is -0.116. The van der Waals surface area contributed by atoms with Crippen molar-refractivity contribution in [3.05, 3.63) is 28.5 Å². The van der Waals surface area contributed by atoms with Crippen molar-refractivity contribution >= 4 is 27.5 Å². The number of hydrogen-bond donors (Lipinski definition) is 1. The first-order valence-electron chi connectivity index (χ1n) is 5.24. The largest absolute Gasteiger partial charge is 0.324 e. The van der Waals surface area contributed by atoms with Crippen molar-refractivity contribution in [3.8, 4) is 0 Å². The van der Waals surface area contributed by atoms with E-state index in [4.69, 9.17) is 0 Å². The predicted molar refractivity (Wildman–Crippen MR) is 66.8 cm³/mol. The van der Waals surface area contributed by atoms with Crippen molar-refractivity contribution < 1.29 is 9.18 Å². The van der Waals surface area contributed by atoms with Crippen LogP contribution in [0.2, 0.25) is 0 Å². The SMILES string of the molecule is CC(C)CCC(=O)Nc1ccc(Br)cc1F. The van der Waals surface area contributed by atoms with Gasteiger partial charge in [0.2, 0.25) is 5.91 Å². The van der Waals surface area contributed by atoms with Gasteiger partial charge in [-0.25, -0.2) is 4.39 Å². The highest BCUT2D eigenvalue weighted by atomic mass is 79.9. The van der Waals surface area contributed by atoms with E-state index in [0.29, 0.717) is 16.8 Å². The molecule has 2 nitrogen and oxygen atoms in total. The molecule has 0 bridgehead atoms. The zero-order valence-electron chi connectivity index (χ0n) is 9.39. The Hall–Kier alpha value is -0.900. The minimum Gasteiger partial charge on any atom is -0.324 e. The van der Waals surface area contributed by atoms with E-state index in [1.54, 1.807) is 12.1 Å². The Balaban J connectivity index is 2.56. The molecule has 1 N–H and O–H groups in total. The Bertz CT molecular complexity index is 379. The van der Waals surface area contributed by atoms with E-state index in [-0.39, 0.29) is 11.6 Å². The summed E-state index contributed by atoms with van der Waals surface area (Å²) in [5, 5.41) is 2.56. The Labute approximate surface area is 103 Å². The average Bonchev–Trinajstić information content (AvgIpc) is 2.19. The molecule has 0 aliphatic rings. The van der Waals surface area contributed by atoms with E-state index in [2.05, 4.69) is 21.2 Å². The Morgan fingerprint density at radius 3 is 2.75 bits per heavy atom. The summed E-state index contributed by atoms with van der Waals surface area (Å²) >= 11 is 3.16. The number of anilines is 1. The average molecular weight is 288 g/mol. The fourth-order valence-corrected chi connectivity index (χ4v) is 1.56. The van der Waals surface area contributed by atoms with E-state index in [9.17, 15) is 9.18 Å². The topological polar surface area (TPSA) is 29.1 Å². The smallest absolute Gasteiger partial charge is 0.224 e. The highest BCUT2D eigenvalue weighted by molar-refractivity contribution is 9.10. The van der Waals surface area contributed by atoms with Crippen LogP contribution in [0, 0.1) is 11.7 Å². The lowest BCUT2D eigenvalue weighted by atomic mass is 10.1. The van der Waals surface area contributed by atoms with Crippen LogP contribution in [-0.2, 0) is 4.79 Å². The molecule has 0 unspecified atom stereocenters. The van der Waals surface area contributed by atoms with Crippen LogP contribution in [0.5, 0.6) is 0 Å². The summed E-state index contributed by atoms with van der Waals surface area (Å²) in [6.45, 7) is 4.10. The number of carbonyl (C=O) groups excluding carboxylic acids is 1. The van der Waals surface area contributed by atoms with Crippen molar-refractivity contribution in [2.45, 2.75) is 26.7 Å². The van der Waals surface area contributed by atoms with E-state index >= 15 is 0 Å². The minimum atomic E-state index is -0.424. The van der Waals surface area contributed by atoms with Crippen molar-refractivity contribution in [1.82, 2.24) is 0 Å². The molecule has 0 aliphatic carbocycles. The van der Waals surface area contributed by atoms with Gasteiger partial charge in [-0.3, -0.25) is 4.79 Å². The first-order valence-corrected chi connectivity index (χ1v) is 6.03. The summed E-state index contributed by atoms with van der Waals surface area (Å²) in [4.78, 5) is 11.5. The quantitative estimate of drug-likeness (QED) is 0.892. The molecule has 0 heterocycles. The molecule has 0 radical (unpaired) electrons. The number of carbonyl (C=O) groups is 1. The molecular weight excluding hydrogens is 273 g/mol. The van der Waals surface area contributed by atoms with Crippen LogP contribution in [0.15, 0.2) is 22.7 Å². The van der Waals surface area contributed by atoms with Gasteiger partial charge in [0.1, 0.15) is 5.82 Å². The zero-order chi connectivity index (χ0) is 12.1. The van der Waals surface area contributed by atoms with Crippen molar-refractivity contribution in [1.29, 1.82) is 0 Å². The summed E-state index contributed by atoms with van der Waals surface area (Å²) in [5.74, 6) is -0.0947. The Kier molecular flexibility index (Phi) is 4.93. The molecule has 0 saturated heterocycles. The van der Waals surface area contributed by atoms with Gasteiger partial charge in [0.05, 0.1) is 5.69 Å². The van der Waals surface area contributed by atoms with Crippen molar-refractivity contribution in [3.63, 3.8) is 0 Å². The maximum absolute atomic E-state index is 13.4. The lowest BCUT2D eigenvalue weighted by Crippen LogP contribution is -2.13. The number of hydrogen-bond acceptors (Lipinski definition) is 1. The normalized spacial score (nSPS) is 10.6. The second-order valence-electron chi connectivity index (χ2n) is 4.10. The van der Waals surface area contributed by atoms with Crippen LogP contribution in [0.3, 0.4) is 0 Å². The Morgan fingerprint density at radius 1 is 1.50 bits per heavy atom. The van der Waals surface area contributed by atoms with Gasteiger partial charge in [-0.15, -0.1) is 0 Å². The standard InChI is InChI=1S/C12H15BrFNO/c1-8(2)3-6-12(16)15-11-5-4-9(13)7-10(11)14/h4-5,7-8H,3,6H2,1-2H3,(H,15,16). The highest BCUT2D eigenvalue weighted by Gasteiger charge is 2.07. The van der Waals surface area contributed by atoms with Crippen molar-refractivity contribution in [2.75, 3.05) is 5.32 Å². The van der Waals surface area contributed by atoms with Crippen LogP contribution in [0.1, 0.15) is 26.7 Å². The van der Waals surface area contributed by atoms with Crippen LogP contribution < -0.4 is 5.32 Å². The number of amides is 1. The second kappa shape index (κ2) is 5.99. The van der Waals surface area contributed by atoms with Gasteiger partial charge in [-0.2, -0.15) is 0 Å². The van der Waals surface area contributed by atoms with E-state index in [1.165, 1.54) is 6.07 Å². The molecule has 0 spiro atoms. The number of nitrogens with one attached hydrogen (secondary N) is 1. The third-order valence-corrected chi connectivity index (χ3v) is 2.65. The first kappa shape index (κ1) is 13.2. The molecule has 0 fully saturated rings. The summed E-state index contributed by atoms with van der Waals surface area (Å²) < 4.78 is 14.0. The van der Waals surface area contributed by atoms with Gasteiger partial charge in [0, 0.05) is 10.9 Å². The third kappa shape index (κ3) is 4.31. The fourth-order valence-electron chi connectivity index (χ4n) is 1.22. The molecule has 16 heavy (non-hydrogen) atoms. The van der Waals surface area contributed by atoms with E-state index < -0.39 is 5.82 Å². The molecule has 0 aliphatic heterocycles. The van der Waals surface area contributed by atoms with Gasteiger partial charge in [-0.1, -0.05) is 29.8 Å². The highest BCUT2D eigenvalue weighted by Crippen LogP contribution is 2.19. The van der Waals surface area contributed by atoms with Gasteiger partial charge in [0.15, 0.2) is 0 Å².